The summed E-state index contributed by atoms with van der Waals surface area (Å²) >= 11 is 5.81. The summed E-state index contributed by atoms with van der Waals surface area (Å²) < 4.78 is 27.3. The van der Waals surface area contributed by atoms with Gasteiger partial charge in [0.25, 0.3) is 11.6 Å². The summed E-state index contributed by atoms with van der Waals surface area (Å²) in [6.45, 7) is 6.65. The van der Waals surface area contributed by atoms with E-state index >= 15 is 0 Å². The maximum absolute atomic E-state index is 13.0. The standard InChI is InChI=1S/C21H24ClN3O5S/c1-21(2,3)15-4-7-17(8-5-15)31(29,30)24-12-10-23(11-13-24)20(26)18-9-6-16(22)14-19(18)25(27)28/h4-9,14H,10-13H2,1-3H3. The van der Waals surface area contributed by atoms with E-state index in [2.05, 4.69) is 20.8 Å². The molecule has 1 heterocycles. The van der Waals surface area contributed by atoms with Gasteiger partial charge in [0.15, 0.2) is 0 Å². The molecular weight excluding hydrogens is 442 g/mol. The molecule has 0 spiro atoms. The third kappa shape index (κ3) is 4.89. The normalized spacial score (nSPS) is 15.7. The van der Waals surface area contributed by atoms with E-state index in [0.717, 1.165) is 11.6 Å². The first-order valence-electron chi connectivity index (χ1n) is 9.75. The van der Waals surface area contributed by atoms with Crippen LogP contribution in [-0.4, -0.2) is 54.6 Å². The molecule has 2 aromatic carbocycles. The molecule has 0 aromatic heterocycles. The first-order valence-corrected chi connectivity index (χ1v) is 11.6. The lowest BCUT2D eigenvalue weighted by Gasteiger charge is -2.34. The van der Waals surface area contributed by atoms with Crippen molar-refractivity contribution in [2.45, 2.75) is 31.1 Å². The van der Waals surface area contributed by atoms with Gasteiger partial charge in [-0.2, -0.15) is 4.31 Å². The number of nitro groups is 1. The van der Waals surface area contributed by atoms with Crippen molar-refractivity contribution in [1.29, 1.82) is 0 Å². The minimum Gasteiger partial charge on any atom is -0.336 e. The highest BCUT2D eigenvalue weighted by Gasteiger charge is 2.32. The van der Waals surface area contributed by atoms with Gasteiger partial charge in [-0.1, -0.05) is 44.5 Å². The number of sulfonamides is 1. The van der Waals surface area contributed by atoms with Crippen LogP contribution in [-0.2, 0) is 15.4 Å². The zero-order valence-corrected chi connectivity index (χ0v) is 19.1. The molecule has 1 amide bonds. The van der Waals surface area contributed by atoms with E-state index in [1.165, 1.54) is 21.3 Å². The predicted molar refractivity (Wildman–Crippen MR) is 118 cm³/mol. The molecule has 0 aliphatic carbocycles. The molecule has 0 unspecified atom stereocenters. The average Bonchev–Trinajstić information content (AvgIpc) is 2.72. The molecule has 0 atom stereocenters. The fourth-order valence-electron chi connectivity index (χ4n) is 3.41. The van der Waals surface area contributed by atoms with Crippen molar-refractivity contribution in [1.82, 2.24) is 9.21 Å². The van der Waals surface area contributed by atoms with Crippen LogP contribution in [0.25, 0.3) is 0 Å². The Kier molecular flexibility index (Phi) is 6.40. The zero-order chi connectivity index (χ0) is 23.0. The monoisotopic (exact) mass is 465 g/mol. The molecule has 0 radical (unpaired) electrons. The molecule has 166 valence electrons. The van der Waals surface area contributed by atoms with Crippen molar-refractivity contribution in [3.8, 4) is 0 Å². The van der Waals surface area contributed by atoms with E-state index in [9.17, 15) is 23.3 Å². The fraction of sp³-hybridized carbons (Fsp3) is 0.381. The lowest BCUT2D eigenvalue weighted by Crippen LogP contribution is -2.50. The van der Waals surface area contributed by atoms with E-state index in [-0.39, 0.29) is 52.8 Å². The lowest BCUT2D eigenvalue weighted by atomic mass is 9.87. The number of hydrogen-bond donors (Lipinski definition) is 0. The molecule has 1 saturated heterocycles. The lowest BCUT2D eigenvalue weighted by molar-refractivity contribution is -0.385. The van der Waals surface area contributed by atoms with Crippen LogP contribution in [0.15, 0.2) is 47.4 Å². The van der Waals surface area contributed by atoms with Crippen molar-refractivity contribution >= 4 is 33.2 Å². The average molecular weight is 466 g/mol. The number of benzene rings is 2. The topological polar surface area (TPSA) is 101 Å². The molecule has 1 fully saturated rings. The van der Waals surface area contributed by atoms with Crippen LogP contribution in [0.4, 0.5) is 5.69 Å². The summed E-state index contributed by atoms with van der Waals surface area (Å²) in [5.74, 6) is -0.519. The number of carbonyl (C=O) groups excluding carboxylic acids is 1. The minimum absolute atomic E-state index is 0.0662. The highest BCUT2D eigenvalue weighted by atomic mass is 35.5. The van der Waals surface area contributed by atoms with Crippen LogP contribution in [0.3, 0.4) is 0 Å². The maximum atomic E-state index is 13.0. The van der Waals surface area contributed by atoms with Gasteiger partial charge < -0.3 is 4.90 Å². The van der Waals surface area contributed by atoms with Gasteiger partial charge in [0.2, 0.25) is 10.0 Å². The van der Waals surface area contributed by atoms with E-state index in [1.54, 1.807) is 12.1 Å². The van der Waals surface area contributed by atoms with Gasteiger partial charge in [-0.05, 0) is 35.2 Å². The molecule has 8 nitrogen and oxygen atoms in total. The number of nitrogens with zero attached hydrogens (tertiary/aromatic N) is 3. The number of carbonyl (C=O) groups is 1. The second kappa shape index (κ2) is 8.57. The van der Waals surface area contributed by atoms with E-state index in [0.29, 0.717) is 0 Å². The van der Waals surface area contributed by atoms with Crippen molar-refractivity contribution in [2.75, 3.05) is 26.2 Å². The Morgan fingerprint density at radius 3 is 2.13 bits per heavy atom. The van der Waals surface area contributed by atoms with Crippen LogP contribution in [0.1, 0.15) is 36.7 Å². The quantitative estimate of drug-likeness (QED) is 0.506. The van der Waals surface area contributed by atoms with Crippen molar-refractivity contribution in [2.24, 2.45) is 0 Å². The highest BCUT2D eigenvalue weighted by Crippen LogP contribution is 2.27. The van der Waals surface area contributed by atoms with Crippen molar-refractivity contribution < 1.29 is 18.1 Å². The molecular formula is C21H24ClN3O5S. The maximum Gasteiger partial charge on any atom is 0.283 e. The Labute approximate surface area is 186 Å². The molecule has 10 heteroatoms. The van der Waals surface area contributed by atoms with Gasteiger partial charge in [0.1, 0.15) is 5.56 Å². The number of nitro benzene ring substituents is 1. The fourth-order valence-corrected chi connectivity index (χ4v) is 5.00. The van der Waals surface area contributed by atoms with Crippen molar-refractivity contribution in [3.05, 3.63) is 68.7 Å². The molecule has 1 aliphatic rings. The van der Waals surface area contributed by atoms with Gasteiger partial charge in [0.05, 0.1) is 9.82 Å². The first kappa shape index (κ1) is 23.2. The second-order valence-electron chi connectivity index (χ2n) is 8.39. The highest BCUT2D eigenvalue weighted by molar-refractivity contribution is 7.89. The van der Waals surface area contributed by atoms with E-state index < -0.39 is 20.9 Å². The largest absolute Gasteiger partial charge is 0.336 e. The van der Waals surface area contributed by atoms with Gasteiger partial charge in [-0.25, -0.2) is 8.42 Å². The first-order chi connectivity index (χ1) is 14.4. The van der Waals surface area contributed by atoms with Crippen LogP contribution < -0.4 is 0 Å². The van der Waals surface area contributed by atoms with Crippen LogP contribution in [0.5, 0.6) is 0 Å². The summed E-state index contributed by atoms with van der Waals surface area (Å²) in [7, 11) is -3.70. The van der Waals surface area contributed by atoms with Crippen molar-refractivity contribution in [3.63, 3.8) is 0 Å². The summed E-state index contributed by atoms with van der Waals surface area (Å²) in [5, 5.41) is 11.4. The third-order valence-electron chi connectivity index (χ3n) is 5.27. The van der Waals surface area contributed by atoms with Gasteiger partial charge in [-0.3, -0.25) is 14.9 Å². The molecule has 0 saturated carbocycles. The van der Waals surface area contributed by atoms with Crippen LogP contribution in [0.2, 0.25) is 5.02 Å². The Balaban J connectivity index is 1.73. The summed E-state index contributed by atoms with van der Waals surface area (Å²) in [6.07, 6.45) is 0. The summed E-state index contributed by atoms with van der Waals surface area (Å²) in [6, 6.07) is 10.7. The van der Waals surface area contributed by atoms with E-state index in [1.807, 2.05) is 12.1 Å². The third-order valence-corrected chi connectivity index (χ3v) is 7.42. The second-order valence-corrected chi connectivity index (χ2v) is 10.8. The molecule has 0 N–H and O–H groups in total. The van der Waals surface area contributed by atoms with E-state index in [4.69, 9.17) is 11.6 Å². The summed E-state index contributed by atoms with van der Waals surface area (Å²) in [4.78, 5) is 25.1. The van der Waals surface area contributed by atoms with Gasteiger partial charge in [0, 0.05) is 37.3 Å². The molecule has 0 bridgehead atoms. The number of rotatable bonds is 4. The van der Waals surface area contributed by atoms with Crippen LogP contribution >= 0.6 is 11.6 Å². The number of hydrogen-bond acceptors (Lipinski definition) is 5. The number of amides is 1. The Hall–Kier alpha value is -2.49. The smallest absolute Gasteiger partial charge is 0.283 e. The number of piperazine rings is 1. The zero-order valence-electron chi connectivity index (χ0n) is 17.5. The van der Waals surface area contributed by atoms with Crippen LogP contribution in [0, 0.1) is 10.1 Å². The molecule has 1 aliphatic heterocycles. The Morgan fingerprint density at radius 2 is 1.61 bits per heavy atom. The SMILES string of the molecule is CC(C)(C)c1ccc(S(=O)(=O)N2CCN(C(=O)c3ccc(Cl)cc3[N+](=O)[O-])CC2)cc1. The predicted octanol–water partition coefficient (Wildman–Crippen LogP) is 3.69. The van der Waals surface area contributed by atoms with Gasteiger partial charge >= 0.3 is 0 Å². The Bertz CT molecular complexity index is 1100. The molecule has 31 heavy (non-hydrogen) atoms. The Morgan fingerprint density at radius 1 is 1.03 bits per heavy atom. The summed E-state index contributed by atoms with van der Waals surface area (Å²) in [5.41, 5.74) is 0.514. The molecule has 2 aromatic rings. The number of halogens is 1. The minimum atomic E-state index is -3.70. The van der Waals surface area contributed by atoms with Gasteiger partial charge in [-0.15, -0.1) is 0 Å². The molecule has 3 rings (SSSR count).